The van der Waals surface area contributed by atoms with Crippen molar-refractivity contribution in [3.05, 3.63) is 30.1 Å². The zero-order valence-electron chi connectivity index (χ0n) is 13.2. The van der Waals surface area contributed by atoms with Gasteiger partial charge in [0.05, 0.1) is 12.9 Å². The SMILES string of the molecule is COc1ccc(-n2c(C)nnc2SCC(=O)NC(C)C)cc1. The van der Waals surface area contributed by atoms with E-state index in [1.54, 1.807) is 7.11 Å². The number of methoxy groups -OCH3 is 1. The average Bonchev–Trinajstić information content (AvgIpc) is 2.85. The van der Waals surface area contributed by atoms with Crippen molar-refractivity contribution in [2.45, 2.75) is 32.0 Å². The summed E-state index contributed by atoms with van der Waals surface area (Å²) < 4.78 is 7.09. The molecule has 0 saturated carbocycles. The highest BCUT2D eigenvalue weighted by Crippen LogP contribution is 2.23. The van der Waals surface area contributed by atoms with Crippen LogP contribution in [0.15, 0.2) is 29.4 Å². The minimum atomic E-state index is -0.0121. The van der Waals surface area contributed by atoms with Gasteiger partial charge >= 0.3 is 0 Å². The number of aryl methyl sites for hydroxylation is 1. The number of hydrogen-bond acceptors (Lipinski definition) is 5. The van der Waals surface area contributed by atoms with Crippen LogP contribution in [-0.4, -0.2) is 39.6 Å². The molecule has 0 saturated heterocycles. The highest BCUT2D eigenvalue weighted by Gasteiger charge is 2.13. The second kappa shape index (κ2) is 7.31. The molecule has 0 spiro atoms. The van der Waals surface area contributed by atoms with Crippen molar-refractivity contribution in [2.24, 2.45) is 0 Å². The van der Waals surface area contributed by atoms with E-state index < -0.39 is 0 Å². The van der Waals surface area contributed by atoms with Crippen molar-refractivity contribution in [1.82, 2.24) is 20.1 Å². The number of rotatable bonds is 6. The third-order valence-corrected chi connectivity index (χ3v) is 3.84. The van der Waals surface area contributed by atoms with Gasteiger partial charge in [-0.2, -0.15) is 0 Å². The molecule has 0 aliphatic carbocycles. The molecule has 2 rings (SSSR count). The lowest BCUT2D eigenvalue weighted by Crippen LogP contribution is -2.31. The fraction of sp³-hybridized carbons (Fsp3) is 0.400. The molecule has 0 bridgehead atoms. The third kappa shape index (κ3) is 4.00. The van der Waals surface area contributed by atoms with Crippen molar-refractivity contribution in [1.29, 1.82) is 0 Å². The number of thioether (sulfide) groups is 1. The van der Waals surface area contributed by atoms with Crippen LogP contribution in [-0.2, 0) is 4.79 Å². The van der Waals surface area contributed by atoms with Gasteiger partial charge in [0, 0.05) is 11.7 Å². The van der Waals surface area contributed by atoms with Crippen molar-refractivity contribution < 1.29 is 9.53 Å². The van der Waals surface area contributed by atoms with Gasteiger partial charge < -0.3 is 10.1 Å². The molecule has 0 unspecified atom stereocenters. The van der Waals surface area contributed by atoms with E-state index in [0.717, 1.165) is 17.3 Å². The van der Waals surface area contributed by atoms with Crippen molar-refractivity contribution in [2.75, 3.05) is 12.9 Å². The van der Waals surface area contributed by atoms with Crippen LogP contribution in [0.1, 0.15) is 19.7 Å². The van der Waals surface area contributed by atoms with E-state index in [0.29, 0.717) is 10.9 Å². The van der Waals surface area contributed by atoms with Crippen LogP contribution in [0.25, 0.3) is 5.69 Å². The van der Waals surface area contributed by atoms with Crippen molar-refractivity contribution in [3.63, 3.8) is 0 Å². The zero-order valence-corrected chi connectivity index (χ0v) is 14.0. The number of nitrogens with zero attached hydrogens (tertiary/aromatic N) is 3. The van der Waals surface area contributed by atoms with E-state index in [1.165, 1.54) is 11.8 Å². The molecule has 1 heterocycles. The largest absolute Gasteiger partial charge is 0.497 e. The molecule has 118 valence electrons. The number of hydrogen-bond donors (Lipinski definition) is 1. The van der Waals surface area contributed by atoms with Gasteiger partial charge in [-0.15, -0.1) is 10.2 Å². The van der Waals surface area contributed by atoms with Gasteiger partial charge in [-0.05, 0) is 45.0 Å². The highest BCUT2D eigenvalue weighted by molar-refractivity contribution is 7.99. The van der Waals surface area contributed by atoms with Gasteiger partial charge in [0.15, 0.2) is 5.16 Å². The molecule has 2 aromatic rings. The molecule has 22 heavy (non-hydrogen) atoms. The van der Waals surface area contributed by atoms with Crippen molar-refractivity contribution >= 4 is 17.7 Å². The molecule has 0 fully saturated rings. The average molecular weight is 320 g/mol. The maximum absolute atomic E-state index is 11.8. The number of ether oxygens (including phenoxy) is 1. The van der Waals surface area contributed by atoms with Gasteiger partial charge in [0.1, 0.15) is 11.6 Å². The lowest BCUT2D eigenvalue weighted by atomic mass is 10.3. The lowest BCUT2D eigenvalue weighted by molar-refractivity contribution is -0.119. The minimum absolute atomic E-state index is 0.0121. The Kier molecular flexibility index (Phi) is 5.43. The number of carbonyl (C=O) groups is 1. The smallest absolute Gasteiger partial charge is 0.230 e. The van der Waals surface area contributed by atoms with E-state index >= 15 is 0 Å². The summed E-state index contributed by atoms with van der Waals surface area (Å²) in [4.78, 5) is 11.8. The first-order valence-corrected chi connectivity index (χ1v) is 7.98. The maximum Gasteiger partial charge on any atom is 0.230 e. The van der Waals surface area contributed by atoms with Crippen molar-refractivity contribution in [3.8, 4) is 11.4 Å². The predicted molar refractivity (Wildman–Crippen MR) is 86.7 cm³/mol. The highest BCUT2D eigenvalue weighted by atomic mass is 32.2. The van der Waals surface area contributed by atoms with E-state index in [4.69, 9.17) is 4.74 Å². The summed E-state index contributed by atoms with van der Waals surface area (Å²) >= 11 is 1.37. The topological polar surface area (TPSA) is 69.0 Å². The van der Waals surface area contributed by atoms with Gasteiger partial charge in [0.25, 0.3) is 0 Å². The molecule has 1 N–H and O–H groups in total. The Hall–Kier alpha value is -2.02. The van der Waals surface area contributed by atoms with Crippen LogP contribution in [0.5, 0.6) is 5.75 Å². The van der Waals surface area contributed by atoms with Gasteiger partial charge in [-0.3, -0.25) is 9.36 Å². The summed E-state index contributed by atoms with van der Waals surface area (Å²) in [6.07, 6.45) is 0. The molecule has 7 heteroatoms. The van der Waals surface area contributed by atoms with Gasteiger partial charge in [0.2, 0.25) is 5.91 Å². The first-order chi connectivity index (χ1) is 10.5. The molecule has 0 atom stereocenters. The molecular formula is C15H20N4O2S. The summed E-state index contributed by atoms with van der Waals surface area (Å²) in [5.74, 6) is 1.87. The number of aromatic nitrogens is 3. The van der Waals surface area contributed by atoms with Crippen LogP contribution in [0.4, 0.5) is 0 Å². The van der Waals surface area contributed by atoms with E-state index in [9.17, 15) is 4.79 Å². The van der Waals surface area contributed by atoms with Gasteiger partial charge in [-0.1, -0.05) is 11.8 Å². The quantitative estimate of drug-likeness (QED) is 0.826. The fourth-order valence-electron chi connectivity index (χ4n) is 1.96. The second-order valence-electron chi connectivity index (χ2n) is 5.07. The molecular weight excluding hydrogens is 300 g/mol. The van der Waals surface area contributed by atoms with Crippen LogP contribution in [0.3, 0.4) is 0 Å². The first-order valence-electron chi connectivity index (χ1n) is 7.00. The van der Waals surface area contributed by atoms with E-state index in [1.807, 2.05) is 49.6 Å². The van der Waals surface area contributed by atoms with E-state index in [2.05, 4.69) is 15.5 Å². The zero-order chi connectivity index (χ0) is 16.1. The van der Waals surface area contributed by atoms with Crippen LogP contribution in [0.2, 0.25) is 0 Å². The minimum Gasteiger partial charge on any atom is -0.497 e. The van der Waals surface area contributed by atoms with E-state index in [-0.39, 0.29) is 11.9 Å². The fourth-order valence-corrected chi connectivity index (χ4v) is 2.77. The summed E-state index contributed by atoms with van der Waals surface area (Å²) in [5, 5.41) is 11.8. The molecule has 1 aromatic carbocycles. The summed E-state index contributed by atoms with van der Waals surface area (Å²) in [7, 11) is 1.63. The van der Waals surface area contributed by atoms with Crippen LogP contribution in [0, 0.1) is 6.92 Å². The molecule has 0 aliphatic heterocycles. The summed E-state index contributed by atoms with van der Waals surface area (Å²) in [6, 6.07) is 7.78. The third-order valence-electron chi connectivity index (χ3n) is 2.91. The maximum atomic E-state index is 11.8. The number of nitrogens with one attached hydrogen (secondary N) is 1. The van der Waals surface area contributed by atoms with Crippen LogP contribution < -0.4 is 10.1 Å². The number of benzene rings is 1. The normalized spacial score (nSPS) is 10.8. The molecule has 1 amide bonds. The first kappa shape index (κ1) is 16.4. The number of amides is 1. The molecule has 0 aliphatic rings. The molecule has 1 aromatic heterocycles. The lowest BCUT2D eigenvalue weighted by Gasteiger charge is -2.10. The Morgan fingerprint density at radius 1 is 1.32 bits per heavy atom. The predicted octanol–water partition coefficient (Wildman–Crippen LogP) is 2.20. The Morgan fingerprint density at radius 2 is 2.00 bits per heavy atom. The Balaban J connectivity index is 2.15. The van der Waals surface area contributed by atoms with Gasteiger partial charge in [-0.25, -0.2) is 0 Å². The monoisotopic (exact) mass is 320 g/mol. The number of carbonyl (C=O) groups excluding carboxylic acids is 1. The summed E-state index contributed by atoms with van der Waals surface area (Å²) in [6.45, 7) is 5.76. The second-order valence-corrected chi connectivity index (χ2v) is 6.02. The Morgan fingerprint density at radius 3 is 2.59 bits per heavy atom. The standard InChI is InChI=1S/C15H20N4O2S/c1-10(2)16-14(20)9-22-15-18-17-11(3)19(15)12-5-7-13(21-4)8-6-12/h5-8,10H,9H2,1-4H3,(H,16,20). The van der Waals surface area contributed by atoms with Crippen LogP contribution >= 0.6 is 11.8 Å². The summed E-state index contributed by atoms with van der Waals surface area (Å²) in [5.41, 5.74) is 0.940. The molecule has 0 radical (unpaired) electrons. The Bertz CT molecular complexity index is 637. The molecule has 6 nitrogen and oxygen atoms in total. The Labute approximate surface area is 134 Å².